The second kappa shape index (κ2) is 10.0. The van der Waals surface area contributed by atoms with Crippen LogP contribution in [0.5, 0.6) is 0 Å². The zero-order valence-electron chi connectivity index (χ0n) is 21.8. The molecular formula is C33H27NO4S2. The molecule has 1 fully saturated rings. The number of likely N-dealkylation sites (tertiary alicyclic amines) is 1. The van der Waals surface area contributed by atoms with Crippen LogP contribution in [0.2, 0.25) is 0 Å². The van der Waals surface area contributed by atoms with Gasteiger partial charge in [0.2, 0.25) is 5.78 Å². The number of benzene rings is 4. The average Bonchev–Trinajstić information content (AvgIpc) is 3.57. The predicted molar refractivity (Wildman–Crippen MR) is 164 cm³/mol. The predicted octanol–water partition coefficient (Wildman–Crippen LogP) is 8.12. The van der Waals surface area contributed by atoms with Crippen LogP contribution < -0.4 is 0 Å². The molecule has 1 N–H and O–H groups in total. The normalized spacial score (nSPS) is 15.6. The van der Waals surface area contributed by atoms with Gasteiger partial charge in [-0.2, -0.15) is 0 Å². The smallest absolute Gasteiger partial charge is 0.409 e. The van der Waals surface area contributed by atoms with E-state index in [1.807, 2.05) is 60.7 Å². The SMILES string of the molecule is O=C(OCC(O)(C(=O)c1ccc2sc3ccccc3c2c1)c1ccc2sc3ccccc3c2c1)N1CCCCC1. The van der Waals surface area contributed by atoms with Crippen molar-refractivity contribution in [1.82, 2.24) is 4.90 Å². The Balaban J connectivity index is 1.32. The fourth-order valence-corrected chi connectivity index (χ4v) is 7.88. The molecule has 7 heteroatoms. The molecule has 0 aliphatic carbocycles. The number of rotatable bonds is 5. The third kappa shape index (κ3) is 4.25. The Bertz CT molecular complexity index is 1920. The Morgan fingerprint density at radius 1 is 0.725 bits per heavy atom. The number of aliphatic hydroxyl groups is 1. The van der Waals surface area contributed by atoms with Gasteiger partial charge in [-0.15, -0.1) is 22.7 Å². The molecule has 200 valence electrons. The fourth-order valence-electron chi connectivity index (χ4n) is 5.70. The monoisotopic (exact) mass is 565 g/mol. The van der Waals surface area contributed by atoms with E-state index in [0.29, 0.717) is 24.2 Å². The van der Waals surface area contributed by atoms with Crippen molar-refractivity contribution in [1.29, 1.82) is 0 Å². The van der Waals surface area contributed by atoms with Gasteiger partial charge in [-0.05, 0) is 67.3 Å². The first-order valence-corrected chi connectivity index (χ1v) is 15.2. The molecule has 3 heterocycles. The Morgan fingerprint density at radius 2 is 1.30 bits per heavy atom. The van der Waals surface area contributed by atoms with Gasteiger partial charge >= 0.3 is 6.09 Å². The van der Waals surface area contributed by atoms with Crippen molar-refractivity contribution in [3.05, 3.63) is 96.1 Å². The summed E-state index contributed by atoms with van der Waals surface area (Å²) in [5, 5.41) is 16.3. The largest absolute Gasteiger partial charge is 0.445 e. The number of amides is 1. The number of nitrogens with zero attached hydrogens (tertiary/aromatic N) is 1. The van der Waals surface area contributed by atoms with Gasteiger partial charge in [0.25, 0.3) is 0 Å². The topological polar surface area (TPSA) is 66.8 Å². The zero-order chi connectivity index (χ0) is 27.3. The molecule has 0 radical (unpaired) electrons. The number of thiophene rings is 2. The molecule has 1 atom stereocenters. The van der Waals surface area contributed by atoms with E-state index in [4.69, 9.17) is 4.74 Å². The fraction of sp³-hybridized carbons (Fsp3) is 0.212. The number of piperidine rings is 1. The third-order valence-electron chi connectivity index (χ3n) is 7.89. The second-order valence-electron chi connectivity index (χ2n) is 10.4. The lowest BCUT2D eigenvalue weighted by atomic mass is 9.85. The van der Waals surface area contributed by atoms with Crippen LogP contribution in [0.4, 0.5) is 4.79 Å². The molecular weight excluding hydrogens is 539 g/mol. The minimum atomic E-state index is -2.05. The van der Waals surface area contributed by atoms with Crippen LogP contribution in [0.3, 0.4) is 0 Å². The number of fused-ring (bicyclic) bond motifs is 6. The molecule has 1 saturated heterocycles. The summed E-state index contributed by atoms with van der Waals surface area (Å²) in [6.45, 7) is 0.789. The molecule has 5 nitrogen and oxygen atoms in total. The van der Waals surface area contributed by atoms with E-state index < -0.39 is 24.1 Å². The minimum absolute atomic E-state index is 0.378. The lowest BCUT2D eigenvalue weighted by Gasteiger charge is -2.30. The van der Waals surface area contributed by atoms with Crippen LogP contribution in [0.25, 0.3) is 40.3 Å². The highest BCUT2D eigenvalue weighted by Gasteiger charge is 2.41. The van der Waals surface area contributed by atoms with E-state index in [2.05, 4.69) is 12.1 Å². The Morgan fingerprint density at radius 3 is 1.98 bits per heavy atom. The maximum absolute atomic E-state index is 14.2. The summed E-state index contributed by atoms with van der Waals surface area (Å²) < 4.78 is 10.1. The zero-order valence-corrected chi connectivity index (χ0v) is 23.4. The lowest BCUT2D eigenvalue weighted by Crippen LogP contribution is -2.44. The highest BCUT2D eigenvalue weighted by atomic mass is 32.1. The summed E-state index contributed by atoms with van der Waals surface area (Å²) in [6, 6.07) is 27.3. The highest BCUT2D eigenvalue weighted by Crippen LogP contribution is 2.39. The molecule has 2 aromatic heterocycles. The van der Waals surface area contributed by atoms with Gasteiger partial charge in [-0.25, -0.2) is 4.79 Å². The number of carbonyl (C=O) groups excluding carboxylic acids is 2. The van der Waals surface area contributed by atoms with Gasteiger partial charge in [0, 0.05) is 59.0 Å². The van der Waals surface area contributed by atoms with Crippen molar-refractivity contribution >= 4 is 74.9 Å². The number of ether oxygens (including phenoxy) is 1. The van der Waals surface area contributed by atoms with E-state index >= 15 is 0 Å². The maximum Gasteiger partial charge on any atom is 0.409 e. The van der Waals surface area contributed by atoms with Crippen molar-refractivity contribution in [3.8, 4) is 0 Å². The number of ketones is 1. The summed E-state index contributed by atoms with van der Waals surface area (Å²) in [7, 11) is 0. The van der Waals surface area contributed by atoms with Crippen LogP contribution in [0.1, 0.15) is 35.2 Å². The van der Waals surface area contributed by atoms with Gasteiger partial charge in [0.15, 0.2) is 5.60 Å². The standard InChI is InChI=1S/C33H27NO4S2/c35-31(21-12-14-29-25(18-21)23-8-2-4-10-27(23)39-29)33(37,20-38-32(36)34-16-6-1-7-17-34)22-13-15-30-26(19-22)24-9-3-5-11-28(24)40-30/h2-5,8-15,18-19,37H,1,6-7,16-17,20H2. The van der Waals surface area contributed by atoms with Gasteiger partial charge in [-0.3, -0.25) is 4.79 Å². The number of hydrogen-bond acceptors (Lipinski definition) is 6. The van der Waals surface area contributed by atoms with Crippen LogP contribution in [-0.2, 0) is 10.3 Å². The van der Waals surface area contributed by atoms with E-state index in [9.17, 15) is 14.7 Å². The minimum Gasteiger partial charge on any atom is -0.445 e. The van der Waals surface area contributed by atoms with Crippen LogP contribution in [-0.4, -0.2) is 41.6 Å². The molecule has 40 heavy (non-hydrogen) atoms. The van der Waals surface area contributed by atoms with E-state index in [-0.39, 0.29) is 0 Å². The van der Waals surface area contributed by atoms with Crippen molar-refractivity contribution in [3.63, 3.8) is 0 Å². The summed E-state index contributed by atoms with van der Waals surface area (Å²) in [4.78, 5) is 28.9. The average molecular weight is 566 g/mol. The highest BCUT2D eigenvalue weighted by molar-refractivity contribution is 7.26. The van der Waals surface area contributed by atoms with Crippen molar-refractivity contribution in [2.75, 3.05) is 19.7 Å². The molecule has 0 spiro atoms. The third-order valence-corrected chi connectivity index (χ3v) is 10.2. The molecule has 7 rings (SSSR count). The maximum atomic E-state index is 14.2. The first kappa shape index (κ1) is 25.2. The van der Waals surface area contributed by atoms with E-state index in [1.165, 1.54) is 0 Å². The second-order valence-corrected chi connectivity index (χ2v) is 12.6. The number of carbonyl (C=O) groups is 2. The van der Waals surface area contributed by atoms with Crippen LogP contribution in [0.15, 0.2) is 84.9 Å². The Hall–Kier alpha value is -3.78. The van der Waals surface area contributed by atoms with Gasteiger partial charge in [0.1, 0.15) is 6.61 Å². The quantitative estimate of drug-likeness (QED) is 0.214. The lowest BCUT2D eigenvalue weighted by molar-refractivity contribution is -0.0180. The van der Waals surface area contributed by atoms with Gasteiger partial charge in [0.05, 0.1) is 0 Å². The van der Waals surface area contributed by atoms with Crippen LogP contribution >= 0.6 is 22.7 Å². The molecule has 6 aromatic rings. The van der Waals surface area contributed by atoms with Gasteiger partial charge in [-0.1, -0.05) is 42.5 Å². The molecule has 1 amide bonds. The molecule has 0 bridgehead atoms. The van der Waals surface area contributed by atoms with Gasteiger partial charge < -0.3 is 14.7 Å². The first-order valence-electron chi connectivity index (χ1n) is 13.5. The summed E-state index contributed by atoms with van der Waals surface area (Å²) >= 11 is 3.34. The summed E-state index contributed by atoms with van der Waals surface area (Å²) in [5.41, 5.74) is -1.26. The van der Waals surface area contributed by atoms with E-state index in [0.717, 1.165) is 59.6 Å². The molecule has 4 aromatic carbocycles. The molecule has 1 aliphatic heterocycles. The van der Waals surface area contributed by atoms with Crippen molar-refractivity contribution in [2.24, 2.45) is 0 Å². The summed E-state index contributed by atoms with van der Waals surface area (Å²) in [6.07, 6.45) is 2.44. The molecule has 1 aliphatic rings. The van der Waals surface area contributed by atoms with Crippen molar-refractivity contribution < 1.29 is 19.4 Å². The first-order chi connectivity index (χ1) is 19.5. The summed E-state index contributed by atoms with van der Waals surface area (Å²) in [5.74, 6) is -0.491. The molecule has 1 unspecified atom stereocenters. The number of Topliss-reactive ketones (excluding diaryl/α,β-unsaturated/α-hetero) is 1. The van der Waals surface area contributed by atoms with Crippen LogP contribution in [0, 0.1) is 0 Å². The van der Waals surface area contributed by atoms with E-state index in [1.54, 1.807) is 39.7 Å². The molecule has 0 saturated carbocycles. The Labute approximate surface area is 239 Å². The number of hydrogen-bond donors (Lipinski definition) is 1. The Kier molecular flexibility index (Phi) is 6.30. The van der Waals surface area contributed by atoms with Crippen molar-refractivity contribution in [2.45, 2.75) is 24.9 Å².